The lowest BCUT2D eigenvalue weighted by molar-refractivity contribution is -0.123. The highest BCUT2D eigenvalue weighted by Crippen LogP contribution is 2.25. The zero-order valence-corrected chi connectivity index (χ0v) is 16.3. The van der Waals surface area contributed by atoms with Crippen molar-refractivity contribution < 1.29 is 9.59 Å². The van der Waals surface area contributed by atoms with E-state index in [-0.39, 0.29) is 18.4 Å². The maximum Gasteiger partial charge on any atom is 0.243 e. The smallest absolute Gasteiger partial charge is 0.243 e. The molecule has 0 aliphatic carbocycles. The summed E-state index contributed by atoms with van der Waals surface area (Å²) < 4.78 is 0. The van der Waals surface area contributed by atoms with Gasteiger partial charge in [-0.25, -0.2) is 0 Å². The van der Waals surface area contributed by atoms with E-state index in [1.54, 1.807) is 42.5 Å². The summed E-state index contributed by atoms with van der Waals surface area (Å²) in [6, 6.07) is 12.0. The Morgan fingerprint density at radius 1 is 0.885 bits per heavy atom. The minimum absolute atomic E-state index is 0.0660. The van der Waals surface area contributed by atoms with E-state index >= 15 is 0 Å². The molecule has 0 aliphatic rings. The summed E-state index contributed by atoms with van der Waals surface area (Å²) in [5, 5.41) is 9.46. The van der Waals surface area contributed by atoms with Gasteiger partial charge in [0.15, 0.2) is 0 Å². The molecular formula is C19H21Cl2N3O2. The monoisotopic (exact) mass is 393 g/mol. The number of nitrogens with one attached hydrogen (secondary N) is 3. The summed E-state index contributed by atoms with van der Waals surface area (Å²) in [7, 11) is 0. The number of benzene rings is 2. The largest absolute Gasteiger partial charge is 0.376 e. The van der Waals surface area contributed by atoms with Crippen LogP contribution in [0.4, 0.5) is 17.1 Å². The molecule has 3 N–H and O–H groups in total. The van der Waals surface area contributed by atoms with Gasteiger partial charge in [0.1, 0.15) is 0 Å². The van der Waals surface area contributed by atoms with E-state index in [1.165, 1.54) is 0 Å². The topological polar surface area (TPSA) is 70.2 Å². The van der Waals surface area contributed by atoms with Crippen molar-refractivity contribution in [1.29, 1.82) is 0 Å². The van der Waals surface area contributed by atoms with Crippen LogP contribution in [0.5, 0.6) is 0 Å². The second kappa shape index (κ2) is 8.43. The first-order chi connectivity index (χ1) is 12.1. The van der Waals surface area contributed by atoms with Gasteiger partial charge in [-0.3, -0.25) is 9.59 Å². The van der Waals surface area contributed by atoms with Crippen LogP contribution >= 0.6 is 23.2 Å². The molecule has 0 aliphatic heterocycles. The fourth-order valence-electron chi connectivity index (χ4n) is 1.99. The predicted molar refractivity (Wildman–Crippen MR) is 108 cm³/mol. The van der Waals surface area contributed by atoms with Crippen molar-refractivity contribution in [2.75, 3.05) is 22.5 Å². The molecule has 0 fully saturated rings. The summed E-state index contributed by atoms with van der Waals surface area (Å²) in [6.45, 7) is 5.57. The average Bonchev–Trinajstić information content (AvgIpc) is 2.55. The lowest BCUT2D eigenvalue weighted by Crippen LogP contribution is -2.27. The second-order valence-corrected chi connectivity index (χ2v) is 7.63. The fraction of sp³-hybridized carbons (Fsp3) is 0.263. The number of anilines is 3. The van der Waals surface area contributed by atoms with Crippen molar-refractivity contribution in [3.63, 3.8) is 0 Å². The van der Waals surface area contributed by atoms with E-state index < -0.39 is 5.41 Å². The lowest BCUT2D eigenvalue weighted by atomic mass is 9.95. The minimum Gasteiger partial charge on any atom is -0.376 e. The van der Waals surface area contributed by atoms with Gasteiger partial charge in [-0.2, -0.15) is 0 Å². The summed E-state index contributed by atoms with van der Waals surface area (Å²) in [5.41, 5.74) is 1.42. The van der Waals surface area contributed by atoms with Crippen LogP contribution < -0.4 is 16.0 Å². The van der Waals surface area contributed by atoms with Gasteiger partial charge < -0.3 is 16.0 Å². The first-order valence-electron chi connectivity index (χ1n) is 8.05. The molecular weight excluding hydrogens is 373 g/mol. The number of hydrogen-bond acceptors (Lipinski definition) is 3. The number of carbonyl (C=O) groups excluding carboxylic acids is 2. The van der Waals surface area contributed by atoms with Crippen molar-refractivity contribution in [1.82, 2.24) is 0 Å². The molecule has 0 atom stereocenters. The molecule has 0 aromatic heterocycles. The molecule has 2 aromatic carbocycles. The van der Waals surface area contributed by atoms with Crippen LogP contribution in [0.25, 0.3) is 0 Å². The number of hydrogen-bond donors (Lipinski definition) is 3. The average molecular weight is 394 g/mol. The zero-order chi connectivity index (χ0) is 19.3. The van der Waals surface area contributed by atoms with Gasteiger partial charge in [-0.1, -0.05) is 50.0 Å². The first kappa shape index (κ1) is 20.1. The highest BCUT2D eigenvalue weighted by molar-refractivity contribution is 6.42. The first-order valence-corrected chi connectivity index (χ1v) is 8.81. The number of carbonyl (C=O) groups is 2. The molecule has 0 heterocycles. The molecule has 26 heavy (non-hydrogen) atoms. The third kappa shape index (κ3) is 5.93. The Morgan fingerprint density at radius 3 is 2.15 bits per heavy atom. The molecule has 0 saturated heterocycles. The van der Waals surface area contributed by atoms with E-state index in [9.17, 15) is 9.59 Å². The van der Waals surface area contributed by atoms with Gasteiger partial charge in [0.2, 0.25) is 11.8 Å². The SMILES string of the molecule is CC(C)(C)C(=O)Nc1cccc(NC(=O)CNc2ccc(Cl)c(Cl)c2)c1. The molecule has 0 spiro atoms. The second-order valence-electron chi connectivity index (χ2n) is 6.82. The third-order valence-electron chi connectivity index (χ3n) is 3.46. The normalized spacial score (nSPS) is 11.0. The van der Waals surface area contributed by atoms with Crippen molar-refractivity contribution in [3.8, 4) is 0 Å². The van der Waals surface area contributed by atoms with Crippen molar-refractivity contribution in [3.05, 3.63) is 52.5 Å². The van der Waals surface area contributed by atoms with Gasteiger partial charge in [0.25, 0.3) is 0 Å². The molecule has 5 nitrogen and oxygen atoms in total. The summed E-state index contributed by atoms with van der Waals surface area (Å²) in [6.07, 6.45) is 0. The Morgan fingerprint density at radius 2 is 1.54 bits per heavy atom. The van der Waals surface area contributed by atoms with Gasteiger partial charge in [-0.05, 0) is 36.4 Å². The van der Waals surface area contributed by atoms with Crippen LogP contribution in [0.3, 0.4) is 0 Å². The molecule has 7 heteroatoms. The molecule has 0 radical (unpaired) electrons. The fourth-order valence-corrected chi connectivity index (χ4v) is 2.29. The molecule has 0 unspecified atom stereocenters. The Kier molecular flexibility index (Phi) is 6.51. The van der Waals surface area contributed by atoms with Crippen LogP contribution in [-0.4, -0.2) is 18.4 Å². The molecule has 0 bridgehead atoms. The van der Waals surface area contributed by atoms with Gasteiger partial charge in [-0.15, -0.1) is 0 Å². The Bertz CT molecular complexity index is 817. The summed E-state index contributed by atoms with van der Waals surface area (Å²) in [5.74, 6) is -0.322. The maximum absolute atomic E-state index is 12.1. The standard InChI is InChI=1S/C19H21Cl2N3O2/c1-19(2,3)18(26)24-14-6-4-5-13(9-14)23-17(25)11-22-12-7-8-15(20)16(21)10-12/h4-10,22H,11H2,1-3H3,(H,23,25)(H,24,26). The lowest BCUT2D eigenvalue weighted by Gasteiger charge is -2.18. The number of halogens is 2. The highest BCUT2D eigenvalue weighted by Gasteiger charge is 2.21. The highest BCUT2D eigenvalue weighted by atomic mass is 35.5. The van der Waals surface area contributed by atoms with Crippen molar-refractivity contribution in [2.45, 2.75) is 20.8 Å². The van der Waals surface area contributed by atoms with E-state index in [0.717, 1.165) is 0 Å². The van der Waals surface area contributed by atoms with Gasteiger partial charge >= 0.3 is 0 Å². The molecule has 138 valence electrons. The van der Waals surface area contributed by atoms with Gasteiger partial charge in [0, 0.05) is 22.5 Å². The quantitative estimate of drug-likeness (QED) is 0.666. The van der Waals surface area contributed by atoms with E-state index in [0.29, 0.717) is 27.1 Å². The van der Waals surface area contributed by atoms with Gasteiger partial charge in [0.05, 0.1) is 16.6 Å². The Hall–Kier alpha value is -2.24. The van der Waals surface area contributed by atoms with Crippen LogP contribution in [-0.2, 0) is 9.59 Å². The Labute approximate surface area is 163 Å². The predicted octanol–water partition coefficient (Wildman–Crippen LogP) is 5.03. The number of rotatable bonds is 5. The minimum atomic E-state index is -0.497. The number of amides is 2. The van der Waals surface area contributed by atoms with Crippen LogP contribution in [0.2, 0.25) is 10.0 Å². The van der Waals surface area contributed by atoms with Crippen LogP contribution in [0.15, 0.2) is 42.5 Å². The summed E-state index contributed by atoms with van der Waals surface area (Å²) in [4.78, 5) is 24.2. The Balaban J connectivity index is 1.93. The molecule has 2 amide bonds. The molecule has 2 aromatic rings. The van der Waals surface area contributed by atoms with Crippen molar-refractivity contribution >= 4 is 52.1 Å². The van der Waals surface area contributed by atoms with Crippen molar-refractivity contribution in [2.24, 2.45) is 5.41 Å². The molecule has 0 saturated carbocycles. The molecule has 2 rings (SSSR count). The summed E-state index contributed by atoms with van der Waals surface area (Å²) >= 11 is 11.8. The van der Waals surface area contributed by atoms with Crippen LogP contribution in [0, 0.1) is 5.41 Å². The van der Waals surface area contributed by atoms with E-state index in [1.807, 2.05) is 20.8 Å². The third-order valence-corrected chi connectivity index (χ3v) is 4.20. The maximum atomic E-state index is 12.1. The van der Waals surface area contributed by atoms with E-state index in [4.69, 9.17) is 23.2 Å². The van der Waals surface area contributed by atoms with Crippen LogP contribution in [0.1, 0.15) is 20.8 Å². The van der Waals surface area contributed by atoms with E-state index in [2.05, 4.69) is 16.0 Å². The zero-order valence-electron chi connectivity index (χ0n) is 14.8.